The summed E-state index contributed by atoms with van der Waals surface area (Å²) in [5, 5.41) is 9.94. The first-order chi connectivity index (χ1) is 11.5. The van der Waals surface area contributed by atoms with Crippen molar-refractivity contribution in [1.82, 2.24) is 9.80 Å². The highest BCUT2D eigenvalue weighted by Crippen LogP contribution is 2.48. The number of piperidine rings is 1. The molecule has 24 heavy (non-hydrogen) atoms. The van der Waals surface area contributed by atoms with Crippen LogP contribution in [0.15, 0.2) is 0 Å². The minimum absolute atomic E-state index is 0.0145. The van der Waals surface area contributed by atoms with Crippen molar-refractivity contribution in [3.8, 4) is 0 Å². The van der Waals surface area contributed by atoms with Gasteiger partial charge in [0.15, 0.2) is 0 Å². The zero-order valence-corrected chi connectivity index (χ0v) is 15.4. The number of hydrogen-bond acceptors (Lipinski definition) is 4. The van der Waals surface area contributed by atoms with E-state index in [9.17, 15) is 9.90 Å². The van der Waals surface area contributed by atoms with Crippen LogP contribution >= 0.6 is 0 Å². The summed E-state index contributed by atoms with van der Waals surface area (Å²) in [4.78, 5) is 17.0. The number of hydrogen-bond donors (Lipinski definition) is 1. The van der Waals surface area contributed by atoms with Crippen LogP contribution in [-0.2, 0) is 9.53 Å². The maximum absolute atomic E-state index is 12.4. The fourth-order valence-corrected chi connectivity index (χ4v) is 5.36. The van der Waals surface area contributed by atoms with Gasteiger partial charge >= 0.3 is 0 Å². The Hall–Kier alpha value is -0.650. The van der Waals surface area contributed by atoms with E-state index < -0.39 is 5.54 Å². The van der Waals surface area contributed by atoms with Crippen molar-refractivity contribution >= 4 is 5.91 Å². The predicted molar refractivity (Wildman–Crippen MR) is 93.8 cm³/mol. The maximum atomic E-state index is 12.4. The third-order valence-electron chi connectivity index (χ3n) is 6.76. The van der Waals surface area contributed by atoms with Gasteiger partial charge in [-0.15, -0.1) is 0 Å². The molecule has 5 heteroatoms. The first kappa shape index (κ1) is 18.2. The van der Waals surface area contributed by atoms with Crippen LogP contribution in [-0.4, -0.2) is 72.4 Å². The Labute approximate surface area is 146 Å². The van der Waals surface area contributed by atoms with Gasteiger partial charge in [0.2, 0.25) is 5.91 Å². The first-order valence-electron chi connectivity index (χ1n) is 9.66. The Bertz CT molecular complexity index is 442. The van der Waals surface area contributed by atoms with Crippen molar-refractivity contribution in [3.05, 3.63) is 0 Å². The number of amides is 1. The Kier molecular flexibility index (Phi) is 5.52. The third kappa shape index (κ3) is 3.49. The highest BCUT2D eigenvalue weighted by molar-refractivity contribution is 5.78. The van der Waals surface area contributed by atoms with E-state index in [4.69, 9.17) is 4.74 Å². The van der Waals surface area contributed by atoms with Crippen LogP contribution in [0.5, 0.6) is 0 Å². The van der Waals surface area contributed by atoms with E-state index in [1.165, 1.54) is 32.1 Å². The number of likely N-dealkylation sites (tertiary alicyclic amines) is 2. The van der Waals surface area contributed by atoms with E-state index in [1.54, 1.807) is 7.11 Å². The highest BCUT2D eigenvalue weighted by Gasteiger charge is 2.53. The van der Waals surface area contributed by atoms with Crippen LogP contribution in [0.3, 0.4) is 0 Å². The van der Waals surface area contributed by atoms with Gasteiger partial charge in [-0.3, -0.25) is 4.79 Å². The lowest BCUT2D eigenvalue weighted by molar-refractivity contribution is -0.140. The van der Waals surface area contributed by atoms with Gasteiger partial charge in [0.1, 0.15) is 6.61 Å². The first-order valence-corrected chi connectivity index (χ1v) is 9.66. The van der Waals surface area contributed by atoms with E-state index in [1.807, 2.05) is 11.8 Å². The molecule has 2 aliphatic heterocycles. The van der Waals surface area contributed by atoms with Crippen LogP contribution < -0.4 is 0 Å². The summed E-state index contributed by atoms with van der Waals surface area (Å²) >= 11 is 0. The van der Waals surface area contributed by atoms with Crippen LogP contribution in [0.25, 0.3) is 0 Å². The number of nitrogens with zero attached hydrogens (tertiary/aromatic N) is 2. The van der Waals surface area contributed by atoms with Gasteiger partial charge < -0.3 is 19.6 Å². The van der Waals surface area contributed by atoms with E-state index in [0.29, 0.717) is 0 Å². The Morgan fingerprint density at radius 3 is 2.46 bits per heavy atom. The molecule has 0 radical (unpaired) electrons. The molecule has 1 amide bonds. The van der Waals surface area contributed by atoms with Gasteiger partial charge in [0.25, 0.3) is 0 Å². The maximum Gasteiger partial charge on any atom is 0.249 e. The average Bonchev–Trinajstić information content (AvgIpc) is 2.90. The fourth-order valence-electron chi connectivity index (χ4n) is 5.36. The molecule has 3 aliphatic rings. The number of methoxy groups -OCH3 is 1. The molecule has 2 heterocycles. The SMILES string of the molecule is COCC(=O)N1CC2(CCN(C3CCCCC3)CC2)CC1(C)CO. The van der Waals surface area contributed by atoms with Crippen LogP contribution in [0, 0.1) is 5.41 Å². The number of carbonyl (C=O) groups is 1. The second kappa shape index (κ2) is 7.30. The number of ether oxygens (including phenoxy) is 1. The lowest BCUT2D eigenvalue weighted by atomic mass is 9.73. The van der Waals surface area contributed by atoms with Crippen LogP contribution in [0.1, 0.15) is 58.3 Å². The van der Waals surface area contributed by atoms with E-state index in [-0.39, 0.29) is 24.5 Å². The number of carbonyl (C=O) groups excluding carboxylic acids is 1. The molecule has 0 aromatic heterocycles. The van der Waals surface area contributed by atoms with Crippen molar-refractivity contribution in [2.45, 2.75) is 69.9 Å². The highest BCUT2D eigenvalue weighted by atomic mass is 16.5. The lowest BCUT2D eigenvalue weighted by Crippen LogP contribution is -2.49. The molecule has 2 saturated heterocycles. The Morgan fingerprint density at radius 2 is 1.88 bits per heavy atom. The van der Waals surface area contributed by atoms with E-state index in [0.717, 1.165) is 44.9 Å². The zero-order valence-electron chi connectivity index (χ0n) is 15.4. The Balaban J connectivity index is 1.64. The van der Waals surface area contributed by atoms with Crippen molar-refractivity contribution in [3.63, 3.8) is 0 Å². The van der Waals surface area contributed by atoms with Gasteiger partial charge in [0.05, 0.1) is 12.1 Å². The fraction of sp³-hybridized carbons (Fsp3) is 0.947. The monoisotopic (exact) mass is 338 g/mol. The summed E-state index contributed by atoms with van der Waals surface area (Å²) in [6.07, 6.45) is 10.1. The molecule has 0 aromatic carbocycles. The second-order valence-corrected chi connectivity index (χ2v) is 8.57. The molecule has 1 atom stereocenters. The molecule has 1 aliphatic carbocycles. The molecular weight excluding hydrogens is 304 g/mol. The van der Waals surface area contributed by atoms with Gasteiger partial charge in [0, 0.05) is 19.7 Å². The molecule has 1 spiro atoms. The van der Waals surface area contributed by atoms with Crippen LogP contribution in [0.4, 0.5) is 0 Å². The molecule has 1 N–H and O–H groups in total. The van der Waals surface area contributed by atoms with Gasteiger partial charge in [-0.2, -0.15) is 0 Å². The lowest BCUT2D eigenvalue weighted by Gasteiger charge is -2.43. The predicted octanol–water partition coefficient (Wildman–Crippen LogP) is 2.03. The van der Waals surface area contributed by atoms with Gasteiger partial charge in [-0.05, 0) is 57.5 Å². The summed E-state index contributed by atoms with van der Waals surface area (Å²) in [7, 11) is 1.56. The summed E-state index contributed by atoms with van der Waals surface area (Å²) in [5.74, 6) is 0.0145. The molecule has 138 valence electrons. The summed E-state index contributed by atoms with van der Waals surface area (Å²) in [6, 6.07) is 0.785. The smallest absolute Gasteiger partial charge is 0.249 e. The standard InChI is InChI=1S/C19H34N2O3/c1-18(15-22)13-19(14-21(18)17(23)12-24-2)8-10-20(11-9-19)16-6-4-3-5-7-16/h16,22H,3-15H2,1-2H3. The number of aliphatic hydroxyl groups excluding tert-OH is 1. The topological polar surface area (TPSA) is 53.0 Å². The second-order valence-electron chi connectivity index (χ2n) is 8.57. The minimum Gasteiger partial charge on any atom is -0.394 e. The van der Waals surface area contributed by atoms with Gasteiger partial charge in [-0.1, -0.05) is 19.3 Å². The summed E-state index contributed by atoms with van der Waals surface area (Å²) < 4.78 is 5.04. The number of aliphatic hydroxyl groups is 1. The van der Waals surface area contributed by atoms with Crippen molar-refractivity contribution in [2.75, 3.05) is 40.0 Å². The normalized spacial score (nSPS) is 31.7. The largest absolute Gasteiger partial charge is 0.394 e. The van der Waals surface area contributed by atoms with Crippen LogP contribution in [0.2, 0.25) is 0 Å². The average molecular weight is 338 g/mol. The Morgan fingerprint density at radius 1 is 1.21 bits per heavy atom. The molecule has 0 aromatic rings. The molecule has 1 unspecified atom stereocenters. The van der Waals surface area contributed by atoms with Crippen molar-refractivity contribution in [1.29, 1.82) is 0 Å². The van der Waals surface area contributed by atoms with Gasteiger partial charge in [-0.25, -0.2) is 0 Å². The molecule has 5 nitrogen and oxygen atoms in total. The summed E-state index contributed by atoms with van der Waals surface area (Å²) in [5.41, 5.74) is -0.241. The molecule has 0 bridgehead atoms. The molecule has 3 fully saturated rings. The van der Waals surface area contributed by atoms with E-state index in [2.05, 4.69) is 4.90 Å². The molecule has 1 saturated carbocycles. The third-order valence-corrected chi connectivity index (χ3v) is 6.76. The van der Waals surface area contributed by atoms with Crippen molar-refractivity contribution < 1.29 is 14.6 Å². The summed E-state index contributed by atoms with van der Waals surface area (Å²) in [6.45, 7) is 5.26. The van der Waals surface area contributed by atoms with E-state index >= 15 is 0 Å². The van der Waals surface area contributed by atoms with Crippen molar-refractivity contribution in [2.24, 2.45) is 5.41 Å². The zero-order chi connectivity index (χ0) is 17.2. The molecular formula is C19H34N2O3. The quantitative estimate of drug-likeness (QED) is 0.852. The molecule has 3 rings (SSSR count). The number of rotatable bonds is 4. The minimum atomic E-state index is -0.428.